The van der Waals surface area contributed by atoms with Gasteiger partial charge in [-0.1, -0.05) is 30.6 Å². The highest BCUT2D eigenvalue weighted by molar-refractivity contribution is 7.88. The number of piperazine rings is 1. The van der Waals surface area contributed by atoms with E-state index >= 15 is 0 Å². The highest BCUT2D eigenvalue weighted by Crippen LogP contribution is 2.36. The molecule has 0 spiro atoms. The van der Waals surface area contributed by atoms with E-state index in [1.165, 1.54) is 42.7 Å². The van der Waals surface area contributed by atoms with Gasteiger partial charge in [0.1, 0.15) is 5.01 Å². The van der Waals surface area contributed by atoms with Crippen LogP contribution >= 0.6 is 11.3 Å². The van der Waals surface area contributed by atoms with Crippen molar-refractivity contribution in [1.82, 2.24) is 14.5 Å². The van der Waals surface area contributed by atoms with Crippen LogP contribution in [0.1, 0.15) is 43.0 Å². The van der Waals surface area contributed by atoms with Crippen molar-refractivity contribution in [3.05, 3.63) is 5.01 Å². The lowest BCUT2D eigenvalue weighted by atomic mass is 9.90. The summed E-state index contributed by atoms with van der Waals surface area (Å²) in [6, 6.07) is 0. The Labute approximate surface area is 130 Å². The molecular formula is C13H22N4O2S2. The second-order valence-electron chi connectivity index (χ2n) is 5.91. The third kappa shape index (κ3) is 3.54. The molecule has 0 aromatic carbocycles. The lowest BCUT2D eigenvalue weighted by molar-refractivity contribution is 0.387. The van der Waals surface area contributed by atoms with Crippen molar-refractivity contribution >= 4 is 26.5 Å². The van der Waals surface area contributed by atoms with Crippen LogP contribution < -0.4 is 4.90 Å². The van der Waals surface area contributed by atoms with E-state index in [0.717, 1.165) is 10.1 Å². The molecule has 0 radical (unpaired) electrons. The van der Waals surface area contributed by atoms with Gasteiger partial charge in [0.05, 0.1) is 6.26 Å². The molecule has 1 aliphatic heterocycles. The molecule has 2 aliphatic rings. The maximum Gasteiger partial charge on any atom is 0.211 e. The molecule has 1 aromatic heterocycles. The van der Waals surface area contributed by atoms with Crippen molar-refractivity contribution in [2.75, 3.05) is 37.3 Å². The van der Waals surface area contributed by atoms with Crippen molar-refractivity contribution in [2.24, 2.45) is 0 Å². The van der Waals surface area contributed by atoms with Gasteiger partial charge in [-0.25, -0.2) is 8.42 Å². The summed E-state index contributed by atoms with van der Waals surface area (Å²) >= 11 is 1.69. The molecule has 1 aliphatic carbocycles. The smallest absolute Gasteiger partial charge is 0.211 e. The molecule has 0 bridgehead atoms. The summed E-state index contributed by atoms with van der Waals surface area (Å²) < 4.78 is 24.6. The first kappa shape index (κ1) is 15.2. The Morgan fingerprint density at radius 1 is 1.05 bits per heavy atom. The molecule has 1 saturated carbocycles. The van der Waals surface area contributed by atoms with E-state index in [4.69, 9.17) is 0 Å². The van der Waals surface area contributed by atoms with Crippen molar-refractivity contribution < 1.29 is 8.42 Å². The van der Waals surface area contributed by atoms with Gasteiger partial charge in [-0.2, -0.15) is 4.31 Å². The number of rotatable bonds is 3. The monoisotopic (exact) mass is 330 g/mol. The highest BCUT2D eigenvalue weighted by atomic mass is 32.2. The summed E-state index contributed by atoms with van der Waals surface area (Å²) in [6.45, 7) is 2.48. The summed E-state index contributed by atoms with van der Waals surface area (Å²) in [6.07, 6.45) is 7.68. The normalized spacial score (nSPS) is 22.6. The van der Waals surface area contributed by atoms with Crippen LogP contribution in [-0.2, 0) is 10.0 Å². The second kappa shape index (κ2) is 6.18. The van der Waals surface area contributed by atoms with E-state index in [1.54, 1.807) is 11.3 Å². The van der Waals surface area contributed by atoms with Crippen LogP contribution in [0.5, 0.6) is 0 Å². The van der Waals surface area contributed by atoms with Crippen LogP contribution in [0.15, 0.2) is 0 Å². The Morgan fingerprint density at radius 2 is 1.71 bits per heavy atom. The molecule has 8 heteroatoms. The Bertz CT molecular complexity index is 573. The summed E-state index contributed by atoms with van der Waals surface area (Å²) in [4.78, 5) is 2.16. The Hall–Kier alpha value is -0.730. The van der Waals surface area contributed by atoms with Crippen LogP contribution in [0.3, 0.4) is 0 Å². The van der Waals surface area contributed by atoms with Crippen molar-refractivity contribution in [2.45, 2.75) is 38.0 Å². The fraction of sp³-hybridized carbons (Fsp3) is 0.846. The largest absolute Gasteiger partial charge is 0.344 e. The van der Waals surface area contributed by atoms with Gasteiger partial charge < -0.3 is 4.90 Å². The van der Waals surface area contributed by atoms with E-state index in [1.807, 2.05) is 0 Å². The second-order valence-corrected chi connectivity index (χ2v) is 8.88. The van der Waals surface area contributed by atoms with Gasteiger partial charge in [0, 0.05) is 32.1 Å². The predicted octanol–water partition coefficient (Wildman–Crippen LogP) is 1.67. The third-order valence-electron chi connectivity index (χ3n) is 4.36. The quantitative estimate of drug-likeness (QED) is 0.843. The van der Waals surface area contributed by atoms with Gasteiger partial charge >= 0.3 is 0 Å². The first-order chi connectivity index (χ1) is 10.0. The molecule has 2 fully saturated rings. The zero-order valence-corrected chi connectivity index (χ0v) is 14.0. The third-order valence-corrected chi connectivity index (χ3v) is 6.81. The van der Waals surface area contributed by atoms with E-state index in [2.05, 4.69) is 15.1 Å². The van der Waals surface area contributed by atoms with Gasteiger partial charge in [0.15, 0.2) is 0 Å². The zero-order chi connectivity index (χ0) is 14.9. The molecule has 6 nitrogen and oxygen atoms in total. The number of hydrogen-bond acceptors (Lipinski definition) is 6. The number of anilines is 1. The minimum absolute atomic E-state index is 0.539. The van der Waals surface area contributed by atoms with Gasteiger partial charge in [-0.3, -0.25) is 0 Å². The van der Waals surface area contributed by atoms with Gasteiger partial charge in [0.2, 0.25) is 15.2 Å². The lowest BCUT2D eigenvalue weighted by Crippen LogP contribution is -2.48. The van der Waals surface area contributed by atoms with E-state index in [9.17, 15) is 8.42 Å². The Balaban J connectivity index is 1.62. The molecule has 21 heavy (non-hydrogen) atoms. The molecule has 2 heterocycles. The Kier molecular flexibility index (Phi) is 4.46. The lowest BCUT2D eigenvalue weighted by Gasteiger charge is -2.32. The van der Waals surface area contributed by atoms with E-state index < -0.39 is 10.0 Å². The predicted molar refractivity (Wildman–Crippen MR) is 84.4 cm³/mol. The highest BCUT2D eigenvalue weighted by Gasteiger charge is 2.26. The van der Waals surface area contributed by atoms with Crippen molar-refractivity contribution in [1.29, 1.82) is 0 Å². The van der Waals surface area contributed by atoms with Crippen LogP contribution in [0.4, 0.5) is 5.13 Å². The summed E-state index contributed by atoms with van der Waals surface area (Å²) in [7, 11) is -3.07. The maximum atomic E-state index is 11.5. The van der Waals surface area contributed by atoms with Crippen LogP contribution in [0.2, 0.25) is 0 Å². The molecular weight excluding hydrogens is 308 g/mol. The molecule has 0 amide bonds. The molecule has 0 N–H and O–H groups in total. The fourth-order valence-corrected chi connectivity index (χ4v) is 4.97. The molecule has 1 saturated heterocycles. The molecule has 118 valence electrons. The van der Waals surface area contributed by atoms with Crippen LogP contribution in [-0.4, -0.2) is 55.4 Å². The maximum absolute atomic E-state index is 11.5. The molecule has 1 aromatic rings. The van der Waals surface area contributed by atoms with Gasteiger partial charge in [-0.05, 0) is 12.8 Å². The van der Waals surface area contributed by atoms with Crippen molar-refractivity contribution in [3.8, 4) is 0 Å². The summed E-state index contributed by atoms with van der Waals surface area (Å²) in [5.74, 6) is 0.585. The number of sulfonamides is 1. The molecule has 3 rings (SSSR count). The van der Waals surface area contributed by atoms with E-state index in [-0.39, 0.29) is 0 Å². The first-order valence-corrected chi connectivity index (χ1v) is 10.2. The average Bonchev–Trinajstić information content (AvgIpc) is 2.97. The number of aromatic nitrogens is 2. The molecule has 0 unspecified atom stereocenters. The van der Waals surface area contributed by atoms with Gasteiger partial charge in [-0.15, -0.1) is 10.2 Å². The topological polar surface area (TPSA) is 66.4 Å². The number of nitrogens with zero attached hydrogens (tertiary/aromatic N) is 4. The van der Waals surface area contributed by atoms with Crippen molar-refractivity contribution in [3.63, 3.8) is 0 Å². The SMILES string of the molecule is CS(=O)(=O)N1CCN(c2nnc(C3CCCCC3)s2)CC1. The summed E-state index contributed by atoms with van der Waals surface area (Å²) in [5, 5.41) is 10.8. The minimum atomic E-state index is -3.07. The number of hydrogen-bond donors (Lipinski definition) is 0. The van der Waals surface area contributed by atoms with Gasteiger partial charge in [0.25, 0.3) is 0 Å². The van der Waals surface area contributed by atoms with E-state index in [0.29, 0.717) is 32.1 Å². The summed E-state index contributed by atoms with van der Waals surface area (Å²) in [5.41, 5.74) is 0. The first-order valence-electron chi connectivity index (χ1n) is 7.57. The minimum Gasteiger partial charge on any atom is -0.344 e. The zero-order valence-electron chi connectivity index (χ0n) is 12.4. The fourth-order valence-electron chi connectivity index (χ4n) is 3.08. The van der Waals surface area contributed by atoms with Crippen LogP contribution in [0, 0.1) is 0 Å². The Morgan fingerprint density at radius 3 is 2.33 bits per heavy atom. The standard InChI is InChI=1S/C13H22N4O2S2/c1-21(18,19)17-9-7-16(8-10-17)13-15-14-12(20-13)11-5-3-2-4-6-11/h11H,2-10H2,1H3. The molecule has 0 atom stereocenters. The average molecular weight is 330 g/mol. The van der Waals surface area contributed by atoms with Crippen LogP contribution in [0.25, 0.3) is 0 Å².